The molecule has 5 rings (SSSR count). The number of carbonyl (C=O) groups excluding carboxylic acids is 1. The summed E-state index contributed by atoms with van der Waals surface area (Å²) in [6.07, 6.45) is 1.63. The first-order valence-electron chi connectivity index (χ1n) is 9.11. The Bertz CT molecular complexity index is 1220. The first-order chi connectivity index (χ1) is 13.1. The zero-order chi connectivity index (χ0) is 18.7. The molecule has 1 aliphatic rings. The van der Waals surface area contributed by atoms with Crippen molar-refractivity contribution < 1.29 is 9.18 Å². The van der Waals surface area contributed by atoms with E-state index in [4.69, 9.17) is 4.98 Å². The standard InChI is InChI=1S/C21H19FN4O/c1-3-14-10-23-16-6-4-5-13-9-18(26(14)19(13)16)21-24-17-8-12(11-27)7-15(22)20(17)25(21)2/h4-9,11,14,23H,3,10H2,1-2H3/t14-/m1/s1. The summed E-state index contributed by atoms with van der Waals surface area (Å²) in [5.74, 6) is 0.273. The quantitative estimate of drug-likeness (QED) is 0.545. The Morgan fingerprint density at radius 1 is 1.30 bits per heavy atom. The summed E-state index contributed by atoms with van der Waals surface area (Å²) >= 11 is 0. The van der Waals surface area contributed by atoms with Crippen molar-refractivity contribution >= 4 is 33.9 Å². The van der Waals surface area contributed by atoms with Crippen molar-refractivity contribution in [2.24, 2.45) is 7.05 Å². The Balaban J connectivity index is 1.85. The molecular formula is C21H19FN4O. The number of hydrogen-bond acceptors (Lipinski definition) is 3. The highest BCUT2D eigenvalue weighted by molar-refractivity contribution is 5.97. The molecule has 0 amide bonds. The molecule has 0 saturated carbocycles. The normalized spacial score (nSPS) is 16.0. The second-order valence-electron chi connectivity index (χ2n) is 7.07. The Labute approximate surface area is 155 Å². The molecule has 1 atom stereocenters. The van der Waals surface area contributed by atoms with E-state index in [0.717, 1.165) is 35.2 Å². The van der Waals surface area contributed by atoms with Crippen LogP contribution in [0.1, 0.15) is 29.7 Å². The van der Waals surface area contributed by atoms with Crippen LogP contribution in [0.2, 0.25) is 0 Å². The van der Waals surface area contributed by atoms with E-state index < -0.39 is 5.82 Å². The summed E-state index contributed by atoms with van der Waals surface area (Å²) in [7, 11) is 1.82. The van der Waals surface area contributed by atoms with Crippen LogP contribution in [0.5, 0.6) is 0 Å². The zero-order valence-electron chi connectivity index (χ0n) is 15.2. The van der Waals surface area contributed by atoms with Gasteiger partial charge in [-0.2, -0.15) is 0 Å². The summed E-state index contributed by atoms with van der Waals surface area (Å²) in [5.41, 5.74) is 4.44. The number of rotatable bonds is 3. The van der Waals surface area contributed by atoms with Crippen molar-refractivity contribution in [1.29, 1.82) is 0 Å². The minimum atomic E-state index is -0.431. The van der Waals surface area contributed by atoms with Crippen LogP contribution in [0, 0.1) is 5.82 Å². The molecule has 4 aromatic rings. The smallest absolute Gasteiger partial charge is 0.157 e. The van der Waals surface area contributed by atoms with E-state index in [2.05, 4.69) is 35.0 Å². The van der Waals surface area contributed by atoms with Crippen LogP contribution in [-0.2, 0) is 7.05 Å². The number of halogens is 1. The third-order valence-corrected chi connectivity index (χ3v) is 5.53. The molecule has 2 aromatic heterocycles. The van der Waals surface area contributed by atoms with Gasteiger partial charge in [0.2, 0.25) is 0 Å². The Morgan fingerprint density at radius 3 is 2.93 bits per heavy atom. The van der Waals surface area contributed by atoms with Crippen molar-refractivity contribution in [2.75, 3.05) is 11.9 Å². The van der Waals surface area contributed by atoms with Gasteiger partial charge in [0.25, 0.3) is 0 Å². The van der Waals surface area contributed by atoms with Crippen LogP contribution >= 0.6 is 0 Å². The molecule has 0 radical (unpaired) electrons. The molecule has 27 heavy (non-hydrogen) atoms. The van der Waals surface area contributed by atoms with Crippen LogP contribution in [0.3, 0.4) is 0 Å². The maximum absolute atomic E-state index is 14.6. The zero-order valence-corrected chi connectivity index (χ0v) is 15.2. The molecule has 6 heteroatoms. The number of carbonyl (C=O) groups is 1. The molecule has 0 bridgehead atoms. The second-order valence-corrected chi connectivity index (χ2v) is 7.07. The van der Waals surface area contributed by atoms with E-state index in [1.54, 1.807) is 10.6 Å². The summed E-state index contributed by atoms with van der Waals surface area (Å²) < 4.78 is 18.7. The van der Waals surface area contributed by atoms with E-state index in [9.17, 15) is 9.18 Å². The van der Waals surface area contributed by atoms with Crippen molar-refractivity contribution in [3.05, 3.63) is 47.8 Å². The van der Waals surface area contributed by atoms with Gasteiger partial charge in [0.1, 0.15) is 17.6 Å². The molecular weight excluding hydrogens is 343 g/mol. The molecule has 3 heterocycles. The predicted molar refractivity (Wildman–Crippen MR) is 105 cm³/mol. The SMILES string of the molecule is CC[C@@H]1CNc2cccc3cc(-c4nc5cc(C=O)cc(F)c5n4C)n1c23. The van der Waals surface area contributed by atoms with Gasteiger partial charge in [0.15, 0.2) is 5.82 Å². The number of para-hydroxylation sites is 1. The average molecular weight is 362 g/mol. The minimum absolute atomic E-state index is 0.294. The molecule has 136 valence electrons. The van der Waals surface area contributed by atoms with Gasteiger partial charge in [0, 0.05) is 24.5 Å². The highest BCUT2D eigenvalue weighted by atomic mass is 19.1. The van der Waals surface area contributed by atoms with Gasteiger partial charge < -0.3 is 14.5 Å². The van der Waals surface area contributed by atoms with Gasteiger partial charge in [-0.3, -0.25) is 4.79 Å². The van der Waals surface area contributed by atoms with Crippen LogP contribution in [0.25, 0.3) is 33.5 Å². The van der Waals surface area contributed by atoms with Gasteiger partial charge in [0.05, 0.1) is 28.5 Å². The van der Waals surface area contributed by atoms with E-state index in [0.29, 0.717) is 34.7 Å². The summed E-state index contributed by atoms with van der Waals surface area (Å²) in [5, 5.41) is 4.64. The van der Waals surface area contributed by atoms with Crippen molar-refractivity contribution in [3.8, 4) is 11.5 Å². The first-order valence-corrected chi connectivity index (χ1v) is 9.11. The minimum Gasteiger partial charge on any atom is -0.381 e. The number of aldehydes is 1. The van der Waals surface area contributed by atoms with Gasteiger partial charge >= 0.3 is 0 Å². The molecule has 0 aliphatic carbocycles. The first kappa shape index (κ1) is 16.1. The highest BCUT2D eigenvalue weighted by Gasteiger charge is 2.26. The number of imidazole rings is 1. The van der Waals surface area contributed by atoms with Crippen LogP contribution in [0.4, 0.5) is 10.1 Å². The maximum Gasteiger partial charge on any atom is 0.157 e. The summed E-state index contributed by atoms with van der Waals surface area (Å²) in [4.78, 5) is 15.8. The molecule has 0 saturated heterocycles. The third-order valence-electron chi connectivity index (χ3n) is 5.53. The van der Waals surface area contributed by atoms with E-state index in [1.807, 2.05) is 13.1 Å². The summed E-state index contributed by atoms with van der Waals surface area (Å²) in [6, 6.07) is 11.5. The fourth-order valence-corrected chi connectivity index (χ4v) is 4.24. The predicted octanol–water partition coefficient (Wildman–Crippen LogP) is 4.52. The molecule has 0 fully saturated rings. The van der Waals surface area contributed by atoms with E-state index in [-0.39, 0.29) is 0 Å². The number of nitrogens with one attached hydrogen (secondary N) is 1. The molecule has 0 unspecified atom stereocenters. The van der Waals surface area contributed by atoms with Crippen molar-refractivity contribution in [3.63, 3.8) is 0 Å². The average Bonchev–Trinajstić information content (AvgIpc) is 3.22. The number of aryl methyl sites for hydroxylation is 1. The van der Waals surface area contributed by atoms with Crippen LogP contribution in [0.15, 0.2) is 36.4 Å². The van der Waals surface area contributed by atoms with Gasteiger partial charge in [-0.15, -0.1) is 0 Å². The number of hydrogen-bond donors (Lipinski definition) is 1. The molecule has 1 aliphatic heterocycles. The fraction of sp³-hybridized carbons (Fsp3) is 0.238. The Kier molecular flexibility index (Phi) is 3.37. The van der Waals surface area contributed by atoms with Crippen LogP contribution < -0.4 is 5.32 Å². The summed E-state index contributed by atoms with van der Waals surface area (Å²) in [6.45, 7) is 3.01. The lowest BCUT2D eigenvalue weighted by Crippen LogP contribution is -2.24. The lowest BCUT2D eigenvalue weighted by atomic mass is 10.1. The molecule has 5 nitrogen and oxygen atoms in total. The number of benzene rings is 2. The largest absolute Gasteiger partial charge is 0.381 e. The Hall–Kier alpha value is -3.15. The number of fused-ring (bicyclic) bond motifs is 1. The van der Waals surface area contributed by atoms with Crippen molar-refractivity contribution in [2.45, 2.75) is 19.4 Å². The van der Waals surface area contributed by atoms with E-state index >= 15 is 0 Å². The highest BCUT2D eigenvalue weighted by Crippen LogP contribution is 2.39. The molecule has 0 spiro atoms. The number of nitrogens with zero attached hydrogens (tertiary/aromatic N) is 3. The lowest BCUT2D eigenvalue weighted by molar-refractivity contribution is 0.112. The third kappa shape index (κ3) is 2.16. The van der Waals surface area contributed by atoms with Gasteiger partial charge in [-0.05, 0) is 30.7 Å². The second kappa shape index (κ2) is 5.67. The topological polar surface area (TPSA) is 51.9 Å². The molecule has 1 N–H and O–H groups in total. The van der Waals surface area contributed by atoms with Gasteiger partial charge in [-0.25, -0.2) is 9.37 Å². The fourth-order valence-electron chi connectivity index (χ4n) is 4.24. The van der Waals surface area contributed by atoms with Crippen molar-refractivity contribution in [1.82, 2.24) is 14.1 Å². The monoisotopic (exact) mass is 362 g/mol. The lowest BCUT2D eigenvalue weighted by Gasteiger charge is -2.28. The number of anilines is 1. The van der Waals surface area contributed by atoms with Gasteiger partial charge in [-0.1, -0.05) is 19.1 Å². The maximum atomic E-state index is 14.6. The molecule has 2 aromatic carbocycles. The van der Waals surface area contributed by atoms with Crippen LogP contribution in [-0.4, -0.2) is 26.9 Å². The number of aromatic nitrogens is 3. The Morgan fingerprint density at radius 2 is 2.15 bits per heavy atom. The van der Waals surface area contributed by atoms with E-state index in [1.165, 1.54) is 6.07 Å².